The molecule has 0 heterocycles. The summed E-state index contributed by atoms with van der Waals surface area (Å²) in [5.74, 6) is -0.727. The number of aliphatic carboxylic acids is 1. The molecule has 0 amide bonds. The van der Waals surface area contributed by atoms with Crippen molar-refractivity contribution in [1.29, 1.82) is 0 Å². The summed E-state index contributed by atoms with van der Waals surface area (Å²) in [5.41, 5.74) is 2.44. The zero-order chi connectivity index (χ0) is 14.4. The summed E-state index contributed by atoms with van der Waals surface area (Å²) in [6.07, 6.45) is 0.233. The maximum atomic E-state index is 10.7. The molecule has 0 aliphatic carbocycles. The van der Waals surface area contributed by atoms with Gasteiger partial charge in [-0.15, -0.1) is 0 Å². The van der Waals surface area contributed by atoms with Gasteiger partial charge in [-0.2, -0.15) is 0 Å². The van der Waals surface area contributed by atoms with E-state index in [4.69, 9.17) is 16.7 Å². The topological polar surface area (TPSA) is 37.3 Å². The first-order valence-corrected chi connectivity index (χ1v) is 8.88. The Morgan fingerprint density at radius 1 is 1.05 bits per heavy atom. The molecular formula is C16H15ClO2Se. The van der Waals surface area contributed by atoms with Gasteiger partial charge in [-0.05, 0) is 0 Å². The SMILES string of the molecule is O=C(O)CC[Se]C(c1ccccc1)c1ccc(Cl)cc1. The Kier molecular flexibility index (Phi) is 5.66. The molecule has 0 aliphatic heterocycles. The van der Waals surface area contributed by atoms with E-state index in [0.717, 1.165) is 10.3 Å². The zero-order valence-electron chi connectivity index (χ0n) is 10.8. The Morgan fingerprint density at radius 3 is 2.25 bits per heavy atom. The summed E-state index contributed by atoms with van der Waals surface area (Å²) in [6.45, 7) is 0. The van der Waals surface area contributed by atoms with Crippen LogP contribution in [-0.2, 0) is 4.79 Å². The Hall–Kier alpha value is -1.28. The molecule has 0 aliphatic rings. The van der Waals surface area contributed by atoms with Gasteiger partial charge in [-0.1, -0.05) is 0 Å². The molecule has 0 saturated heterocycles. The summed E-state index contributed by atoms with van der Waals surface area (Å²) in [6, 6.07) is 18.1. The van der Waals surface area contributed by atoms with E-state index in [-0.39, 0.29) is 26.2 Å². The minimum absolute atomic E-state index is 0.202. The van der Waals surface area contributed by atoms with Crippen LogP contribution in [0.15, 0.2) is 54.6 Å². The molecule has 2 aromatic rings. The fraction of sp³-hybridized carbons (Fsp3) is 0.188. The number of carboxylic acid groups (broad SMARTS) is 1. The van der Waals surface area contributed by atoms with Crippen LogP contribution >= 0.6 is 11.6 Å². The van der Waals surface area contributed by atoms with Crippen LogP contribution in [0.2, 0.25) is 10.3 Å². The van der Waals surface area contributed by atoms with Crippen molar-refractivity contribution in [2.45, 2.75) is 16.6 Å². The number of carboxylic acids is 1. The minimum atomic E-state index is -0.727. The van der Waals surface area contributed by atoms with Gasteiger partial charge in [-0.3, -0.25) is 0 Å². The molecule has 2 aromatic carbocycles. The number of halogens is 1. The van der Waals surface area contributed by atoms with Crippen LogP contribution in [-0.4, -0.2) is 26.0 Å². The van der Waals surface area contributed by atoms with Gasteiger partial charge in [0.1, 0.15) is 0 Å². The molecular weight excluding hydrogens is 339 g/mol. The standard InChI is InChI=1S/C16H15ClO2Se/c17-14-8-6-13(7-9-14)16(20-11-10-15(18)19)12-4-2-1-3-5-12/h1-9,16H,10-11H2,(H,18,19). The van der Waals surface area contributed by atoms with Crippen molar-refractivity contribution in [3.63, 3.8) is 0 Å². The van der Waals surface area contributed by atoms with E-state index < -0.39 is 5.97 Å². The number of hydrogen-bond acceptors (Lipinski definition) is 1. The molecule has 0 fully saturated rings. The Morgan fingerprint density at radius 2 is 1.65 bits per heavy atom. The van der Waals surface area contributed by atoms with Gasteiger partial charge in [0.15, 0.2) is 0 Å². The Bertz CT molecular complexity index is 554. The molecule has 1 atom stereocenters. The van der Waals surface area contributed by atoms with Crippen molar-refractivity contribution >= 4 is 32.5 Å². The van der Waals surface area contributed by atoms with Crippen molar-refractivity contribution in [3.8, 4) is 0 Å². The van der Waals surface area contributed by atoms with Crippen LogP contribution < -0.4 is 0 Å². The van der Waals surface area contributed by atoms with Gasteiger partial charge in [0.2, 0.25) is 0 Å². The Balaban J connectivity index is 2.20. The van der Waals surface area contributed by atoms with E-state index >= 15 is 0 Å². The Labute approximate surface area is 129 Å². The number of benzene rings is 2. The van der Waals surface area contributed by atoms with Crippen LogP contribution in [0.25, 0.3) is 0 Å². The fourth-order valence-electron chi connectivity index (χ4n) is 1.91. The van der Waals surface area contributed by atoms with E-state index in [1.807, 2.05) is 42.5 Å². The van der Waals surface area contributed by atoms with Crippen molar-refractivity contribution in [2.24, 2.45) is 0 Å². The van der Waals surface area contributed by atoms with Crippen LogP contribution in [0.3, 0.4) is 0 Å². The quantitative estimate of drug-likeness (QED) is 0.796. The summed E-state index contributed by atoms with van der Waals surface area (Å²) < 4.78 is 0. The third-order valence-electron chi connectivity index (χ3n) is 2.88. The summed E-state index contributed by atoms with van der Waals surface area (Å²) in [7, 11) is 0. The van der Waals surface area contributed by atoms with Gasteiger partial charge in [0.25, 0.3) is 0 Å². The first kappa shape index (κ1) is 15.1. The number of hydrogen-bond donors (Lipinski definition) is 1. The van der Waals surface area contributed by atoms with Gasteiger partial charge in [0.05, 0.1) is 0 Å². The van der Waals surface area contributed by atoms with E-state index in [0.29, 0.717) is 0 Å². The van der Waals surface area contributed by atoms with Gasteiger partial charge in [0, 0.05) is 0 Å². The van der Waals surface area contributed by atoms with Gasteiger partial charge >= 0.3 is 130 Å². The van der Waals surface area contributed by atoms with Crippen LogP contribution in [0.1, 0.15) is 22.4 Å². The van der Waals surface area contributed by atoms with E-state index in [9.17, 15) is 4.79 Å². The molecule has 0 aromatic heterocycles. The summed E-state index contributed by atoms with van der Waals surface area (Å²) in [4.78, 5) is 11.0. The van der Waals surface area contributed by atoms with Gasteiger partial charge in [-0.25, -0.2) is 0 Å². The molecule has 0 spiro atoms. The second-order valence-electron chi connectivity index (χ2n) is 4.36. The maximum absolute atomic E-state index is 10.7. The third-order valence-corrected chi connectivity index (χ3v) is 5.89. The second kappa shape index (κ2) is 7.49. The third kappa shape index (κ3) is 4.38. The summed E-state index contributed by atoms with van der Waals surface area (Å²) >= 11 is 6.14. The van der Waals surface area contributed by atoms with Crippen LogP contribution in [0.4, 0.5) is 0 Å². The molecule has 20 heavy (non-hydrogen) atoms. The first-order valence-electron chi connectivity index (χ1n) is 6.30. The predicted molar refractivity (Wildman–Crippen MR) is 82.6 cm³/mol. The molecule has 2 nitrogen and oxygen atoms in total. The normalized spacial score (nSPS) is 12.1. The second-order valence-corrected chi connectivity index (χ2v) is 7.34. The predicted octanol–water partition coefficient (Wildman–Crippen LogP) is 4.03. The molecule has 1 N–H and O–H groups in total. The fourth-order valence-corrected chi connectivity index (χ4v) is 4.62. The average Bonchev–Trinajstić information content (AvgIpc) is 2.46. The molecule has 4 heteroatoms. The number of rotatable bonds is 6. The average molecular weight is 354 g/mol. The molecule has 2 rings (SSSR count). The van der Waals surface area contributed by atoms with Crippen molar-refractivity contribution in [3.05, 3.63) is 70.7 Å². The molecule has 1 unspecified atom stereocenters. The molecule has 104 valence electrons. The molecule has 0 saturated carbocycles. The zero-order valence-corrected chi connectivity index (χ0v) is 13.3. The van der Waals surface area contributed by atoms with E-state index in [1.54, 1.807) is 0 Å². The molecule has 0 bridgehead atoms. The van der Waals surface area contributed by atoms with E-state index in [1.165, 1.54) is 11.1 Å². The molecule has 0 radical (unpaired) electrons. The van der Waals surface area contributed by atoms with Crippen molar-refractivity contribution < 1.29 is 9.90 Å². The monoisotopic (exact) mass is 354 g/mol. The van der Waals surface area contributed by atoms with Crippen molar-refractivity contribution in [1.82, 2.24) is 0 Å². The van der Waals surface area contributed by atoms with Crippen LogP contribution in [0.5, 0.6) is 0 Å². The number of carbonyl (C=O) groups is 1. The van der Waals surface area contributed by atoms with Crippen molar-refractivity contribution in [2.75, 3.05) is 0 Å². The summed E-state index contributed by atoms with van der Waals surface area (Å²) in [5, 5.41) is 10.2. The van der Waals surface area contributed by atoms with Crippen LogP contribution in [0, 0.1) is 0 Å². The first-order chi connectivity index (χ1) is 9.66. The van der Waals surface area contributed by atoms with Gasteiger partial charge < -0.3 is 0 Å². The van der Waals surface area contributed by atoms with E-state index in [2.05, 4.69) is 12.1 Å².